The molecule has 1 saturated carbocycles. The molecular formula is C23H29N3O2. The minimum atomic E-state index is -0.228. The van der Waals surface area contributed by atoms with Crippen LogP contribution in [0, 0.1) is 26.7 Å². The number of hydrogen-bond acceptors (Lipinski definition) is 2. The number of hydrogen-bond donors (Lipinski definition) is 2. The number of anilines is 1. The second-order valence-corrected chi connectivity index (χ2v) is 7.85. The summed E-state index contributed by atoms with van der Waals surface area (Å²) in [6, 6.07) is 13.9. The second-order valence-electron chi connectivity index (χ2n) is 7.85. The Hall–Kier alpha value is -2.82. The summed E-state index contributed by atoms with van der Waals surface area (Å²) in [5.74, 6) is 0.279. The van der Waals surface area contributed by atoms with Crippen molar-refractivity contribution in [2.45, 2.75) is 39.7 Å². The fourth-order valence-corrected chi connectivity index (χ4v) is 3.65. The Morgan fingerprint density at radius 1 is 1.07 bits per heavy atom. The van der Waals surface area contributed by atoms with E-state index in [1.54, 1.807) is 7.05 Å². The molecule has 0 aromatic heterocycles. The van der Waals surface area contributed by atoms with Crippen LogP contribution in [-0.4, -0.2) is 30.4 Å². The molecule has 3 rings (SSSR count). The molecule has 0 saturated heterocycles. The number of carbonyl (C=O) groups is 2. The molecule has 148 valence electrons. The number of benzene rings is 2. The summed E-state index contributed by atoms with van der Waals surface area (Å²) in [6.07, 6.45) is 2.24. The number of carbonyl (C=O) groups excluding carboxylic acids is 2. The highest BCUT2D eigenvalue weighted by molar-refractivity contribution is 5.95. The highest BCUT2D eigenvalue weighted by atomic mass is 16.2. The van der Waals surface area contributed by atoms with Crippen LogP contribution in [0.1, 0.15) is 41.1 Å². The molecule has 2 aromatic carbocycles. The van der Waals surface area contributed by atoms with E-state index in [-0.39, 0.29) is 24.5 Å². The summed E-state index contributed by atoms with van der Waals surface area (Å²) < 4.78 is 0. The largest absolute Gasteiger partial charge is 0.331 e. The lowest BCUT2D eigenvalue weighted by Gasteiger charge is -2.24. The molecule has 0 aliphatic heterocycles. The molecule has 0 spiro atoms. The fraction of sp³-hybridized carbons (Fsp3) is 0.391. The highest BCUT2D eigenvalue weighted by Crippen LogP contribution is 2.41. The minimum absolute atomic E-state index is 0.000739. The molecule has 0 radical (unpaired) electrons. The van der Waals surface area contributed by atoms with E-state index in [9.17, 15) is 9.59 Å². The standard InChI is InChI=1S/C23H29N3O2/c1-15-12-16(2)21(17(3)13-15)24-20(27)14-26(4)23(28)25-22(19-10-11-19)18-8-6-5-7-9-18/h5-9,12-13,19,22H,10-11,14H2,1-4H3,(H,24,27)(H,25,28)/t22-/m1/s1. The molecule has 28 heavy (non-hydrogen) atoms. The Morgan fingerprint density at radius 2 is 1.68 bits per heavy atom. The van der Waals surface area contributed by atoms with Gasteiger partial charge in [-0.3, -0.25) is 4.79 Å². The van der Waals surface area contributed by atoms with Gasteiger partial charge in [-0.05, 0) is 56.2 Å². The third-order valence-corrected chi connectivity index (χ3v) is 5.20. The van der Waals surface area contributed by atoms with Gasteiger partial charge in [0, 0.05) is 12.7 Å². The summed E-state index contributed by atoms with van der Waals surface area (Å²) in [5, 5.41) is 6.05. The van der Waals surface area contributed by atoms with Gasteiger partial charge in [0.15, 0.2) is 0 Å². The lowest BCUT2D eigenvalue weighted by molar-refractivity contribution is -0.116. The van der Waals surface area contributed by atoms with E-state index in [1.807, 2.05) is 63.2 Å². The molecule has 1 atom stereocenters. The average Bonchev–Trinajstić information content (AvgIpc) is 3.48. The monoisotopic (exact) mass is 379 g/mol. The van der Waals surface area contributed by atoms with Gasteiger partial charge in [0.2, 0.25) is 5.91 Å². The first-order valence-corrected chi connectivity index (χ1v) is 9.79. The van der Waals surface area contributed by atoms with Crippen molar-refractivity contribution in [1.82, 2.24) is 10.2 Å². The minimum Gasteiger partial charge on any atom is -0.331 e. The number of nitrogens with one attached hydrogen (secondary N) is 2. The van der Waals surface area contributed by atoms with Gasteiger partial charge in [0.25, 0.3) is 0 Å². The lowest BCUT2D eigenvalue weighted by atomic mass is 10.0. The Kier molecular flexibility index (Phi) is 6.02. The molecule has 3 amide bonds. The van der Waals surface area contributed by atoms with Crippen molar-refractivity contribution in [3.63, 3.8) is 0 Å². The zero-order chi connectivity index (χ0) is 20.3. The predicted octanol–water partition coefficient (Wildman–Crippen LogP) is 4.34. The molecule has 1 aliphatic carbocycles. The summed E-state index contributed by atoms with van der Waals surface area (Å²) in [6.45, 7) is 6.00. The van der Waals surface area contributed by atoms with E-state index in [4.69, 9.17) is 0 Å². The van der Waals surface area contributed by atoms with Gasteiger partial charge in [0.1, 0.15) is 6.54 Å². The number of amides is 3. The average molecular weight is 380 g/mol. The lowest BCUT2D eigenvalue weighted by Crippen LogP contribution is -2.43. The zero-order valence-corrected chi connectivity index (χ0v) is 17.1. The van der Waals surface area contributed by atoms with Gasteiger partial charge in [-0.1, -0.05) is 48.0 Å². The van der Waals surface area contributed by atoms with Gasteiger partial charge in [-0.25, -0.2) is 4.79 Å². The summed E-state index contributed by atoms with van der Waals surface area (Å²) in [4.78, 5) is 26.6. The molecule has 5 nitrogen and oxygen atoms in total. The van der Waals surface area contributed by atoms with Gasteiger partial charge >= 0.3 is 6.03 Å². The molecule has 5 heteroatoms. The maximum Gasteiger partial charge on any atom is 0.318 e. The Morgan fingerprint density at radius 3 is 2.25 bits per heavy atom. The van der Waals surface area contributed by atoms with Crippen molar-refractivity contribution >= 4 is 17.6 Å². The molecule has 0 bridgehead atoms. The van der Waals surface area contributed by atoms with Crippen LogP contribution in [0.15, 0.2) is 42.5 Å². The van der Waals surface area contributed by atoms with Crippen LogP contribution in [0.3, 0.4) is 0 Å². The third kappa shape index (κ3) is 4.91. The third-order valence-electron chi connectivity index (χ3n) is 5.20. The first-order chi connectivity index (χ1) is 13.3. The van der Waals surface area contributed by atoms with Crippen LogP contribution in [0.25, 0.3) is 0 Å². The molecule has 0 heterocycles. The maximum absolute atomic E-state index is 12.7. The maximum atomic E-state index is 12.7. The van der Waals surface area contributed by atoms with E-state index >= 15 is 0 Å². The second kappa shape index (κ2) is 8.46. The highest BCUT2D eigenvalue weighted by Gasteiger charge is 2.34. The zero-order valence-electron chi connectivity index (χ0n) is 17.1. The van der Waals surface area contributed by atoms with E-state index in [2.05, 4.69) is 10.6 Å². The van der Waals surface area contributed by atoms with E-state index in [0.717, 1.165) is 40.8 Å². The van der Waals surface area contributed by atoms with Crippen molar-refractivity contribution < 1.29 is 9.59 Å². The van der Waals surface area contributed by atoms with Crippen LogP contribution in [-0.2, 0) is 4.79 Å². The van der Waals surface area contributed by atoms with Gasteiger partial charge in [-0.15, -0.1) is 0 Å². The summed E-state index contributed by atoms with van der Waals surface area (Å²) in [5.41, 5.74) is 5.15. The number of nitrogens with zero attached hydrogens (tertiary/aromatic N) is 1. The summed E-state index contributed by atoms with van der Waals surface area (Å²) in [7, 11) is 1.65. The molecule has 0 unspecified atom stereocenters. The smallest absolute Gasteiger partial charge is 0.318 e. The first kappa shape index (κ1) is 19.9. The fourth-order valence-electron chi connectivity index (χ4n) is 3.65. The molecule has 2 aromatic rings. The van der Waals surface area contributed by atoms with Crippen LogP contribution in [0.4, 0.5) is 10.5 Å². The van der Waals surface area contributed by atoms with E-state index < -0.39 is 0 Å². The molecule has 1 aliphatic rings. The van der Waals surface area contributed by atoms with Crippen LogP contribution in [0.2, 0.25) is 0 Å². The van der Waals surface area contributed by atoms with Crippen molar-refractivity contribution in [3.8, 4) is 0 Å². The number of aryl methyl sites for hydroxylation is 3. The summed E-state index contributed by atoms with van der Waals surface area (Å²) >= 11 is 0. The first-order valence-electron chi connectivity index (χ1n) is 9.79. The van der Waals surface area contributed by atoms with Crippen LogP contribution >= 0.6 is 0 Å². The molecule has 2 N–H and O–H groups in total. The number of urea groups is 1. The van der Waals surface area contributed by atoms with Crippen molar-refractivity contribution in [2.24, 2.45) is 5.92 Å². The quantitative estimate of drug-likeness (QED) is 0.784. The van der Waals surface area contributed by atoms with Crippen molar-refractivity contribution in [2.75, 3.05) is 18.9 Å². The van der Waals surface area contributed by atoms with Crippen LogP contribution < -0.4 is 10.6 Å². The normalized spacial score (nSPS) is 14.3. The van der Waals surface area contributed by atoms with Gasteiger partial charge < -0.3 is 15.5 Å². The van der Waals surface area contributed by atoms with Crippen molar-refractivity contribution in [3.05, 3.63) is 64.7 Å². The number of rotatable bonds is 6. The van der Waals surface area contributed by atoms with E-state index in [1.165, 1.54) is 4.90 Å². The Balaban J connectivity index is 1.60. The van der Waals surface area contributed by atoms with Crippen molar-refractivity contribution in [1.29, 1.82) is 0 Å². The van der Waals surface area contributed by atoms with Gasteiger partial charge in [0.05, 0.1) is 6.04 Å². The predicted molar refractivity (Wildman–Crippen MR) is 112 cm³/mol. The Labute approximate surface area is 167 Å². The topological polar surface area (TPSA) is 61.4 Å². The molecule has 1 fully saturated rings. The Bertz CT molecular complexity index is 836. The number of likely N-dealkylation sites (N-methyl/N-ethyl adjacent to an activating group) is 1. The molecular weight excluding hydrogens is 350 g/mol. The SMILES string of the molecule is Cc1cc(C)c(NC(=O)CN(C)C(=O)N[C@H](c2ccccc2)C2CC2)c(C)c1. The van der Waals surface area contributed by atoms with E-state index in [0.29, 0.717) is 5.92 Å². The van der Waals surface area contributed by atoms with Crippen LogP contribution in [0.5, 0.6) is 0 Å². The van der Waals surface area contributed by atoms with Gasteiger partial charge in [-0.2, -0.15) is 0 Å².